The second-order valence-electron chi connectivity index (χ2n) is 5.97. The summed E-state index contributed by atoms with van der Waals surface area (Å²) in [6.45, 7) is 6.46. The topological polar surface area (TPSA) is 70.6 Å². The third-order valence-electron chi connectivity index (χ3n) is 4.05. The number of rotatable bonds is 4. The second kappa shape index (κ2) is 7.99. The van der Waals surface area contributed by atoms with Gasteiger partial charge in [0.2, 0.25) is 0 Å². The standard InChI is InChI=1S/C18H22FN5O2/c1-3-26-18(25)24-9-7-23(8-10-24)17-12-16(20-13(2)21-17)22-15-6-4-5-14(19)11-15/h4-6,11-12H,3,7-10H2,1-2H3,(H,20,21,22). The number of piperazine rings is 1. The first-order chi connectivity index (χ1) is 12.5. The molecule has 1 saturated heterocycles. The van der Waals surface area contributed by atoms with Gasteiger partial charge in [-0.25, -0.2) is 19.2 Å². The molecule has 0 bridgehead atoms. The van der Waals surface area contributed by atoms with Crippen LogP contribution in [-0.4, -0.2) is 53.7 Å². The van der Waals surface area contributed by atoms with Crippen molar-refractivity contribution in [1.29, 1.82) is 0 Å². The Morgan fingerprint density at radius 2 is 2.00 bits per heavy atom. The largest absolute Gasteiger partial charge is 0.450 e. The van der Waals surface area contributed by atoms with Gasteiger partial charge in [0, 0.05) is 37.9 Å². The summed E-state index contributed by atoms with van der Waals surface area (Å²) in [6, 6.07) is 8.05. The van der Waals surface area contributed by atoms with Crippen molar-refractivity contribution in [3.63, 3.8) is 0 Å². The average Bonchev–Trinajstić information content (AvgIpc) is 2.61. The molecule has 0 radical (unpaired) electrons. The lowest BCUT2D eigenvalue weighted by molar-refractivity contribution is 0.105. The fourth-order valence-corrected chi connectivity index (χ4v) is 2.82. The number of ether oxygens (including phenoxy) is 1. The third kappa shape index (κ3) is 4.38. The quantitative estimate of drug-likeness (QED) is 0.905. The molecule has 1 amide bonds. The van der Waals surface area contributed by atoms with Crippen LogP contribution in [0, 0.1) is 12.7 Å². The van der Waals surface area contributed by atoms with E-state index in [0.717, 1.165) is 5.82 Å². The minimum atomic E-state index is -0.309. The number of amides is 1. The number of carbonyl (C=O) groups is 1. The summed E-state index contributed by atoms with van der Waals surface area (Å²) in [6.07, 6.45) is -0.278. The molecule has 0 spiro atoms. The van der Waals surface area contributed by atoms with E-state index in [1.807, 2.05) is 13.0 Å². The summed E-state index contributed by atoms with van der Waals surface area (Å²) < 4.78 is 18.4. The molecule has 3 rings (SSSR count). The van der Waals surface area contributed by atoms with Crippen molar-refractivity contribution in [2.45, 2.75) is 13.8 Å². The van der Waals surface area contributed by atoms with Gasteiger partial charge in [0.1, 0.15) is 23.3 Å². The molecule has 0 unspecified atom stereocenters. The molecule has 7 nitrogen and oxygen atoms in total. The maximum Gasteiger partial charge on any atom is 0.409 e. The molecule has 1 aliphatic heterocycles. The summed E-state index contributed by atoms with van der Waals surface area (Å²) in [7, 11) is 0. The van der Waals surface area contributed by atoms with E-state index in [1.165, 1.54) is 12.1 Å². The van der Waals surface area contributed by atoms with Crippen LogP contribution in [0.15, 0.2) is 30.3 Å². The Kier molecular flexibility index (Phi) is 5.50. The minimum absolute atomic E-state index is 0.278. The van der Waals surface area contributed by atoms with Gasteiger partial charge in [0.15, 0.2) is 0 Å². The number of nitrogens with one attached hydrogen (secondary N) is 1. The fourth-order valence-electron chi connectivity index (χ4n) is 2.82. The van der Waals surface area contributed by atoms with Crippen molar-refractivity contribution >= 4 is 23.4 Å². The number of nitrogens with zero attached hydrogens (tertiary/aromatic N) is 4. The van der Waals surface area contributed by atoms with E-state index in [2.05, 4.69) is 20.2 Å². The number of halogens is 1. The van der Waals surface area contributed by atoms with Gasteiger partial charge in [0.05, 0.1) is 6.61 Å². The first-order valence-electron chi connectivity index (χ1n) is 8.60. The lowest BCUT2D eigenvalue weighted by Crippen LogP contribution is -2.49. The van der Waals surface area contributed by atoms with Gasteiger partial charge in [-0.3, -0.25) is 0 Å². The Labute approximate surface area is 151 Å². The molecular weight excluding hydrogens is 337 g/mol. The number of aromatic nitrogens is 2. The number of benzene rings is 1. The summed E-state index contributed by atoms with van der Waals surface area (Å²) in [4.78, 5) is 24.4. The van der Waals surface area contributed by atoms with E-state index in [1.54, 1.807) is 24.0 Å². The molecule has 0 saturated carbocycles. The Morgan fingerprint density at radius 1 is 1.23 bits per heavy atom. The molecule has 1 aliphatic rings. The summed E-state index contributed by atoms with van der Waals surface area (Å²) in [5.74, 6) is 1.69. The summed E-state index contributed by atoms with van der Waals surface area (Å²) in [5, 5.41) is 3.11. The molecule has 1 N–H and O–H groups in total. The number of carbonyl (C=O) groups excluding carboxylic acids is 1. The van der Waals surface area contributed by atoms with Crippen LogP contribution in [0.3, 0.4) is 0 Å². The van der Waals surface area contributed by atoms with Crippen molar-refractivity contribution in [2.75, 3.05) is 43.0 Å². The Balaban J connectivity index is 1.69. The van der Waals surface area contributed by atoms with E-state index in [9.17, 15) is 9.18 Å². The molecule has 8 heteroatoms. The highest BCUT2D eigenvalue weighted by Gasteiger charge is 2.23. The zero-order chi connectivity index (χ0) is 18.5. The number of aryl methyl sites for hydroxylation is 1. The van der Waals surface area contributed by atoms with E-state index in [-0.39, 0.29) is 11.9 Å². The van der Waals surface area contributed by atoms with Gasteiger partial charge in [-0.15, -0.1) is 0 Å². The van der Waals surface area contributed by atoms with E-state index < -0.39 is 0 Å². The molecule has 1 aromatic carbocycles. The molecule has 2 aromatic rings. The minimum Gasteiger partial charge on any atom is -0.450 e. The predicted molar refractivity (Wildman–Crippen MR) is 97.3 cm³/mol. The van der Waals surface area contributed by atoms with E-state index in [4.69, 9.17) is 4.74 Å². The molecule has 1 fully saturated rings. The van der Waals surface area contributed by atoms with Gasteiger partial charge in [-0.1, -0.05) is 6.07 Å². The van der Waals surface area contributed by atoms with Crippen molar-refractivity contribution in [1.82, 2.24) is 14.9 Å². The number of hydrogen-bond donors (Lipinski definition) is 1. The molecule has 0 aliphatic carbocycles. The highest BCUT2D eigenvalue weighted by molar-refractivity contribution is 5.68. The van der Waals surface area contributed by atoms with E-state index >= 15 is 0 Å². The summed E-state index contributed by atoms with van der Waals surface area (Å²) >= 11 is 0. The predicted octanol–water partition coefficient (Wildman–Crippen LogP) is 2.95. The Hall–Kier alpha value is -2.90. The molecule has 0 atom stereocenters. The van der Waals surface area contributed by atoms with Crippen LogP contribution >= 0.6 is 0 Å². The molecular formula is C18H22FN5O2. The molecule has 1 aromatic heterocycles. The maximum atomic E-state index is 13.4. The Bertz CT molecular complexity index is 778. The molecule has 138 valence electrons. The average molecular weight is 359 g/mol. The van der Waals surface area contributed by atoms with Gasteiger partial charge < -0.3 is 19.9 Å². The number of hydrogen-bond acceptors (Lipinski definition) is 6. The van der Waals surface area contributed by atoms with E-state index in [0.29, 0.717) is 50.1 Å². The first kappa shape index (κ1) is 17.9. The monoisotopic (exact) mass is 359 g/mol. The highest BCUT2D eigenvalue weighted by Crippen LogP contribution is 2.21. The van der Waals surface area contributed by atoms with Crippen LogP contribution in [0.4, 0.5) is 26.5 Å². The molecule has 2 heterocycles. The third-order valence-corrected chi connectivity index (χ3v) is 4.05. The van der Waals surface area contributed by atoms with Crippen molar-refractivity contribution in [2.24, 2.45) is 0 Å². The highest BCUT2D eigenvalue weighted by atomic mass is 19.1. The van der Waals surface area contributed by atoms with Crippen molar-refractivity contribution < 1.29 is 13.9 Å². The van der Waals surface area contributed by atoms with Gasteiger partial charge in [-0.05, 0) is 32.0 Å². The van der Waals surface area contributed by atoms with Gasteiger partial charge in [0.25, 0.3) is 0 Å². The first-order valence-corrected chi connectivity index (χ1v) is 8.60. The van der Waals surface area contributed by atoms with Crippen LogP contribution in [0.25, 0.3) is 0 Å². The zero-order valence-corrected chi connectivity index (χ0v) is 14.9. The van der Waals surface area contributed by atoms with Crippen LogP contribution in [-0.2, 0) is 4.74 Å². The van der Waals surface area contributed by atoms with Gasteiger partial charge >= 0.3 is 6.09 Å². The van der Waals surface area contributed by atoms with Crippen LogP contribution < -0.4 is 10.2 Å². The fraction of sp³-hybridized carbons (Fsp3) is 0.389. The van der Waals surface area contributed by atoms with Crippen molar-refractivity contribution in [3.8, 4) is 0 Å². The van der Waals surface area contributed by atoms with Crippen molar-refractivity contribution in [3.05, 3.63) is 42.0 Å². The van der Waals surface area contributed by atoms with Crippen LogP contribution in [0.2, 0.25) is 0 Å². The lowest BCUT2D eigenvalue weighted by atomic mass is 10.3. The Morgan fingerprint density at radius 3 is 2.69 bits per heavy atom. The number of anilines is 3. The second-order valence-corrected chi connectivity index (χ2v) is 5.97. The smallest absolute Gasteiger partial charge is 0.409 e. The normalized spacial score (nSPS) is 14.3. The molecule has 26 heavy (non-hydrogen) atoms. The summed E-state index contributed by atoms with van der Waals surface area (Å²) in [5.41, 5.74) is 0.626. The van der Waals surface area contributed by atoms with Gasteiger partial charge in [-0.2, -0.15) is 0 Å². The SMILES string of the molecule is CCOC(=O)N1CCN(c2cc(Nc3cccc(F)c3)nc(C)n2)CC1. The lowest BCUT2D eigenvalue weighted by Gasteiger charge is -2.34. The maximum absolute atomic E-state index is 13.4. The van der Waals surface area contributed by atoms with Crippen LogP contribution in [0.5, 0.6) is 0 Å². The van der Waals surface area contributed by atoms with Crippen LogP contribution in [0.1, 0.15) is 12.7 Å². The zero-order valence-electron chi connectivity index (χ0n) is 14.9.